The molecule has 5 heteroatoms. The Morgan fingerprint density at radius 1 is 1.03 bits per heavy atom. The van der Waals surface area contributed by atoms with Crippen LogP contribution in [0.5, 0.6) is 0 Å². The molecule has 3 aromatic rings. The molecule has 0 bridgehead atoms. The zero-order valence-corrected chi connectivity index (χ0v) is 17.9. The van der Waals surface area contributed by atoms with E-state index in [-0.39, 0.29) is 17.6 Å². The van der Waals surface area contributed by atoms with E-state index in [1.807, 2.05) is 47.4 Å². The van der Waals surface area contributed by atoms with E-state index in [4.69, 9.17) is 0 Å². The van der Waals surface area contributed by atoms with Crippen molar-refractivity contribution in [3.8, 4) is 6.07 Å². The Bertz CT molecular complexity index is 1090. The topological polar surface area (TPSA) is 57.0 Å². The van der Waals surface area contributed by atoms with E-state index in [0.717, 1.165) is 29.9 Å². The van der Waals surface area contributed by atoms with Gasteiger partial charge in [0.15, 0.2) is 0 Å². The third-order valence-corrected chi connectivity index (χ3v) is 6.28. The number of thioether (sulfide) groups is 1. The molecule has 1 aliphatic rings. The molecule has 1 aliphatic heterocycles. The van der Waals surface area contributed by atoms with E-state index in [2.05, 4.69) is 37.0 Å². The third kappa shape index (κ3) is 3.96. The lowest BCUT2D eigenvalue weighted by molar-refractivity contribution is -0.115. The highest BCUT2D eigenvalue weighted by molar-refractivity contribution is 8.00. The molecule has 0 saturated carbocycles. The van der Waals surface area contributed by atoms with Crippen molar-refractivity contribution in [2.45, 2.75) is 37.6 Å². The standard InChI is InChI=1S/C25H23N3OS/c1-17(2)21-14-13-20(15-26)25(27-21)30-16-24(29)28-22-9-5-3-7-18(22)11-12-19-8-4-6-10-23(19)28/h3-10,13-14,17H,11-12,16H2,1-2H3. The lowest BCUT2D eigenvalue weighted by atomic mass is 10.0. The summed E-state index contributed by atoms with van der Waals surface area (Å²) < 4.78 is 0. The molecule has 0 N–H and O–H groups in total. The number of aryl methyl sites for hydroxylation is 2. The van der Waals surface area contributed by atoms with Gasteiger partial charge >= 0.3 is 0 Å². The minimum absolute atomic E-state index is 0.0116. The van der Waals surface area contributed by atoms with Crippen molar-refractivity contribution in [2.75, 3.05) is 10.7 Å². The molecule has 150 valence electrons. The van der Waals surface area contributed by atoms with Gasteiger partial charge in [0, 0.05) is 5.69 Å². The Morgan fingerprint density at radius 3 is 2.20 bits per heavy atom. The number of fused-ring (bicyclic) bond motifs is 2. The van der Waals surface area contributed by atoms with Gasteiger partial charge in [0.2, 0.25) is 5.91 Å². The molecule has 0 spiro atoms. The summed E-state index contributed by atoms with van der Waals surface area (Å²) in [4.78, 5) is 19.9. The highest BCUT2D eigenvalue weighted by Crippen LogP contribution is 2.37. The number of anilines is 2. The van der Waals surface area contributed by atoms with Crippen molar-refractivity contribution in [3.05, 3.63) is 83.0 Å². The number of carbonyl (C=O) groups excluding carboxylic acids is 1. The Kier molecular flexibility index (Phi) is 5.87. The number of carbonyl (C=O) groups is 1. The molecule has 4 rings (SSSR count). The van der Waals surface area contributed by atoms with Crippen LogP contribution in [0.25, 0.3) is 0 Å². The Hall–Kier alpha value is -3.10. The monoisotopic (exact) mass is 413 g/mol. The SMILES string of the molecule is CC(C)c1ccc(C#N)c(SCC(=O)N2c3ccccc3CCc3ccccc32)n1. The van der Waals surface area contributed by atoms with E-state index < -0.39 is 0 Å². The number of para-hydroxylation sites is 2. The van der Waals surface area contributed by atoms with Crippen LogP contribution in [-0.2, 0) is 17.6 Å². The Labute approximate surface area is 181 Å². The highest BCUT2D eigenvalue weighted by atomic mass is 32.2. The van der Waals surface area contributed by atoms with Crippen molar-refractivity contribution in [2.24, 2.45) is 0 Å². The summed E-state index contributed by atoms with van der Waals surface area (Å²) in [6, 6.07) is 22.1. The minimum Gasteiger partial charge on any atom is -0.280 e. The zero-order valence-electron chi connectivity index (χ0n) is 17.1. The molecule has 2 aromatic carbocycles. The normalized spacial score (nSPS) is 12.7. The van der Waals surface area contributed by atoms with Gasteiger partial charge in [-0.2, -0.15) is 5.26 Å². The minimum atomic E-state index is -0.0116. The van der Waals surface area contributed by atoms with Gasteiger partial charge in [0.1, 0.15) is 11.1 Å². The van der Waals surface area contributed by atoms with Gasteiger partial charge < -0.3 is 0 Å². The highest BCUT2D eigenvalue weighted by Gasteiger charge is 2.26. The molecule has 2 heterocycles. The van der Waals surface area contributed by atoms with E-state index in [0.29, 0.717) is 10.6 Å². The van der Waals surface area contributed by atoms with E-state index in [9.17, 15) is 10.1 Å². The van der Waals surface area contributed by atoms with Crippen LogP contribution in [0.2, 0.25) is 0 Å². The van der Waals surface area contributed by atoms with Gasteiger partial charge in [0.25, 0.3) is 0 Å². The number of hydrogen-bond acceptors (Lipinski definition) is 4. The van der Waals surface area contributed by atoms with Gasteiger partial charge in [0.05, 0.1) is 22.7 Å². The van der Waals surface area contributed by atoms with Crippen molar-refractivity contribution < 1.29 is 4.79 Å². The number of nitrogens with zero attached hydrogens (tertiary/aromatic N) is 3. The number of benzene rings is 2. The summed E-state index contributed by atoms with van der Waals surface area (Å²) in [5.41, 5.74) is 5.66. The van der Waals surface area contributed by atoms with E-state index in [1.54, 1.807) is 6.07 Å². The van der Waals surface area contributed by atoms with Gasteiger partial charge in [-0.15, -0.1) is 0 Å². The maximum absolute atomic E-state index is 13.5. The van der Waals surface area contributed by atoms with Crippen LogP contribution in [0, 0.1) is 11.3 Å². The molecule has 4 nitrogen and oxygen atoms in total. The van der Waals surface area contributed by atoms with Crippen LogP contribution >= 0.6 is 11.8 Å². The fourth-order valence-corrected chi connectivity index (χ4v) is 4.54. The Balaban J connectivity index is 1.66. The second-order valence-electron chi connectivity index (χ2n) is 7.63. The second-order valence-corrected chi connectivity index (χ2v) is 8.59. The van der Waals surface area contributed by atoms with E-state index >= 15 is 0 Å². The van der Waals surface area contributed by atoms with Gasteiger partial charge in [-0.3, -0.25) is 9.69 Å². The maximum atomic E-state index is 13.5. The quantitative estimate of drug-likeness (QED) is 0.520. The van der Waals surface area contributed by atoms with Crippen LogP contribution in [-0.4, -0.2) is 16.6 Å². The first-order valence-corrected chi connectivity index (χ1v) is 11.1. The molecule has 0 aliphatic carbocycles. The zero-order chi connectivity index (χ0) is 21.1. The fourth-order valence-electron chi connectivity index (χ4n) is 3.71. The Morgan fingerprint density at radius 2 is 1.63 bits per heavy atom. The van der Waals surface area contributed by atoms with Crippen molar-refractivity contribution in [1.29, 1.82) is 5.26 Å². The van der Waals surface area contributed by atoms with Crippen LogP contribution in [0.4, 0.5) is 11.4 Å². The predicted molar refractivity (Wildman–Crippen MR) is 121 cm³/mol. The van der Waals surface area contributed by atoms with Crippen LogP contribution in [0.15, 0.2) is 65.7 Å². The summed E-state index contributed by atoms with van der Waals surface area (Å²) in [5, 5.41) is 10.1. The molecule has 30 heavy (non-hydrogen) atoms. The van der Waals surface area contributed by atoms with Crippen LogP contribution in [0.1, 0.15) is 42.1 Å². The lowest BCUT2D eigenvalue weighted by Gasteiger charge is -2.25. The van der Waals surface area contributed by atoms with Gasteiger partial charge in [-0.25, -0.2) is 4.98 Å². The van der Waals surface area contributed by atoms with Crippen LogP contribution < -0.4 is 4.90 Å². The number of aromatic nitrogens is 1. The summed E-state index contributed by atoms with van der Waals surface area (Å²) >= 11 is 1.34. The van der Waals surface area contributed by atoms with Gasteiger partial charge in [-0.1, -0.05) is 62.0 Å². The molecule has 0 radical (unpaired) electrons. The summed E-state index contributed by atoms with van der Waals surface area (Å²) in [6.07, 6.45) is 1.81. The summed E-state index contributed by atoms with van der Waals surface area (Å²) in [7, 11) is 0. The van der Waals surface area contributed by atoms with Crippen molar-refractivity contribution in [3.63, 3.8) is 0 Å². The number of pyridine rings is 1. The number of hydrogen-bond donors (Lipinski definition) is 0. The fraction of sp³-hybridized carbons (Fsp3) is 0.240. The molecule has 0 unspecified atom stereocenters. The summed E-state index contributed by atoms with van der Waals surface area (Å²) in [6.45, 7) is 4.14. The van der Waals surface area contributed by atoms with Crippen molar-refractivity contribution >= 4 is 29.0 Å². The largest absolute Gasteiger partial charge is 0.280 e. The maximum Gasteiger partial charge on any atom is 0.241 e. The number of nitriles is 1. The number of amides is 1. The molecule has 0 saturated heterocycles. The van der Waals surface area contributed by atoms with E-state index in [1.165, 1.54) is 22.9 Å². The molecule has 0 atom stereocenters. The average molecular weight is 414 g/mol. The molecule has 1 aromatic heterocycles. The third-order valence-electron chi connectivity index (χ3n) is 5.30. The molecular weight excluding hydrogens is 390 g/mol. The lowest BCUT2D eigenvalue weighted by Crippen LogP contribution is -2.28. The first kappa shape index (κ1) is 20.2. The predicted octanol–water partition coefficient (Wildman–Crippen LogP) is 5.63. The van der Waals surface area contributed by atoms with Crippen molar-refractivity contribution in [1.82, 2.24) is 4.98 Å². The molecular formula is C25H23N3OS. The van der Waals surface area contributed by atoms with Gasteiger partial charge in [-0.05, 0) is 54.2 Å². The summed E-state index contributed by atoms with van der Waals surface area (Å²) in [5.74, 6) is 0.464. The second kappa shape index (κ2) is 8.73. The average Bonchev–Trinajstić information content (AvgIpc) is 2.94. The smallest absolute Gasteiger partial charge is 0.241 e. The number of rotatable bonds is 4. The van der Waals surface area contributed by atoms with Crippen LogP contribution in [0.3, 0.4) is 0 Å². The first-order chi connectivity index (χ1) is 14.6. The molecule has 0 fully saturated rings. The molecule has 1 amide bonds. The first-order valence-electron chi connectivity index (χ1n) is 10.1.